The van der Waals surface area contributed by atoms with Crippen LogP contribution in [0, 0.1) is 12.3 Å². The molecule has 0 aliphatic rings. The molecule has 0 saturated heterocycles. The molecule has 9 aromatic rings. The zero-order chi connectivity index (χ0) is 43.4. The van der Waals surface area contributed by atoms with Crippen molar-refractivity contribution in [3.8, 4) is 11.4 Å². The Labute approximate surface area is 364 Å². The highest BCUT2D eigenvalue weighted by atomic mass is 15.2. The molecule has 0 unspecified atom stereocenters. The molecule has 0 amide bonds. The predicted octanol–water partition coefficient (Wildman–Crippen LogP) is 12.6. The highest BCUT2D eigenvalue weighted by molar-refractivity contribution is 6.26. The minimum absolute atomic E-state index is 0.0411. The second-order valence-electron chi connectivity index (χ2n) is 14.8. The summed E-state index contributed by atoms with van der Waals surface area (Å²) < 4.78 is 4.44. The Kier molecular flexibility index (Phi) is 13.6. The van der Waals surface area contributed by atoms with Crippen molar-refractivity contribution in [1.29, 1.82) is 5.41 Å². The first-order chi connectivity index (χ1) is 30.3. The van der Waals surface area contributed by atoms with Crippen molar-refractivity contribution in [2.24, 2.45) is 11.5 Å². The van der Waals surface area contributed by atoms with Crippen LogP contribution in [0.1, 0.15) is 23.6 Å². The number of benzene rings is 7. The number of anilines is 3. The van der Waals surface area contributed by atoms with E-state index in [1.165, 1.54) is 11.1 Å². The molecule has 2 heterocycles. The highest BCUT2D eigenvalue weighted by Crippen LogP contribution is 2.48. The van der Waals surface area contributed by atoms with Crippen molar-refractivity contribution >= 4 is 55.7 Å². The van der Waals surface area contributed by atoms with Gasteiger partial charge in [0.1, 0.15) is 11.7 Å². The number of para-hydroxylation sites is 3. The molecular formula is C55H53N7. The molecule has 0 aliphatic heterocycles. The fraction of sp³-hybridized carbons (Fsp3) is 0.0727. The van der Waals surface area contributed by atoms with Crippen LogP contribution in [0.3, 0.4) is 0 Å². The van der Waals surface area contributed by atoms with Crippen molar-refractivity contribution in [3.05, 3.63) is 235 Å². The molecule has 0 atom stereocenters. The summed E-state index contributed by atoms with van der Waals surface area (Å²) in [6, 6.07) is 62.3. The molecule has 0 fully saturated rings. The van der Waals surface area contributed by atoms with Crippen molar-refractivity contribution < 1.29 is 0 Å². The topological polar surface area (TPSA) is 115 Å². The van der Waals surface area contributed by atoms with Gasteiger partial charge in [0.05, 0.1) is 22.2 Å². The maximum atomic E-state index is 8.10. The zero-order valence-electron chi connectivity index (χ0n) is 35.3. The molecule has 0 bridgehead atoms. The summed E-state index contributed by atoms with van der Waals surface area (Å²) in [6.07, 6.45) is 7.55. The van der Waals surface area contributed by atoms with Crippen LogP contribution in [0.25, 0.3) is 44.1 Å². The van der Waals surface area contributed by atoms with Gasteiger partial charge >= 0.3 is 0 Å². The lowest BCUT2D eigenvalue weighted by Crippen LogP contribution is -2.18. The normalized spacial score (nSPS) is 11.2. The lowest BCUT2D eigenvalue weighted by atomic mass is 10.1. The summed E-state index contributed by atoms with van der Waals surface area (Å²) in [5.41, 5.74) is 30.1. The number of fused-ring (bicyclic) bond motifs is 5. The van der Waals surface area contributed by atoms with Crippen LogP contribution in [-0.2, 0) is 6.54 Å². The number of nitrogen functional groups attached to an aromatic ring is 2. The van der Waals surface area contributed by atoms with Gasteiger partial charge in [-0.3, -0.25) is 9.98 Å². The van der Waals surface area contributed by atoms with Crippen LogP contribution < -0.4 is 22.1 Å². The number of aromatic nitrogens is 2. The number of nitrogens with zero attached hydrogens (tertiary/aromatic N) is 3. The summed E-state index contributed by atoms with van der Waals surface area (Å²) >= 11 is 0. The summed E-state index contributed by atoms with van der Waals surface area (Å²) in [7, 11) is 0. The third-order valence-electron chi connectivity index (χ3n) is 10.7. The molecule has 7 heteroatoms. The van der Waals surface area contributed by atoms with E-state index in [0.717, 1.165) is 61.0 Å². The van der Waals surface area contributed by atoms with Gasteiger partial charge in [0, 0.05) is 51.9 Å². The smallest absolute Gasteiger partial charge is 0.133 e. The summed E-state index contributed by atoms with van der Waals surface area (Å²) in [4.78, 5) is 2.34. The molecule has 308 valence electrons. The number of nitrogens with two attached hydrogens (primary N) is 3. The van der Waals surface area contributed by atoms with E-state index in [1.54, 1.807) is 6.08 Å². The summed E-state index contributed by atoms with van der Waals surface area (Å²) in [6.45, 7) is 8.83. The van der Waals surface area contributed by atoms with Gasteiger partial charge in [-0.05, 0) is 79.6 Å². The Morgan fingerprint density at radius 3 is 1.84 bits per heavy atom. The Hall–Kier alpha value is -7.87. The zero-order valence-corrected chi connectivity index (χ0v) is 35.3. The fourth-order valence-electron chi connectivity index (χ4n) is 7.74. The minimum atomic E-state index is 0.0411. The maximum absolute atomic E-state index is 8.10. The van der Waals surface area contributed by atoms with E-state index < -0.39 is 0 Å². The van der Waals surface area contributed by atoms with Gasteiger partial charge in [0.15, 0.2) is 0 Å². The standard InChI is InChI=1S/C40H32N6.C8H13N.C7H8/c41-39(42)28-15-12-20-31(25-28)45-33-22-11-10-21-32(33)36-34(45)23-24-35-37(36)38(40(43)46(35)30-18-8-3-9-19-30)44(29-16-6-2-7-17-29)26-27-13-4-1-5-14-27;1-3-5-6-8(4-2)7-9;1-7-5-3-2-4-6-7/h1-25H,26,43H2,(H3,41,42);3-6H,1,7,9H2,2H3;2-6H,1H3/b;6-5-,8-4+;. The van der Waals surface area contributed by atoms with E-state index in [1.807, 2.05) is 91.9 Å². The van der Waals surface area contributed by atoms with Crippen LogP contribution in [-0.4, -0.2) is 21.5 Å². The predicted molar refractivity (Wildman–Crippen MR) is 265 cm³/mol. The maximum Gasteiger partial charge on any atom is 0.133 e. The number of hydrogen-bond acceptors (Lipinski definition) is 4. The number of amidine groups is 1. The van der Waals surface area contributed by atoms with Crippen molar-refractivity contribution in [1.82, 2.24) is 9.13 Å². The first-order valence-corrected chi connectivity index (χ1v) is 20.7. The second kappa shape index (κ2) is 19.9. The van der Waals surface area contributed by atoms with E-state index in [4.69, 9.17) is 22.6 Å². The quantitative estimate of drug-likeness (QED) is 0.0625. The van der Waals surface area contributed by atoms with Crippen LogP contribution in [0.2, 0.25) is 0 Å². The molecule has 0 aliphatic carbocycles. The first-order valence-electron chi connectivity index (χ1n) is 20.7. The Bertz CT molecular complexity index is 2980. The first kappa shape index (κ1) is 42.3. The van der Waals surface area contributed by atoms with E-state index in [0.29, 0.717) is 24.5 Å². The Morgan fingerprint density at radius 1 is 0.661 bits per heavy atom. The number of nitrogens with one attached hydrogen (secondary N) is 1. The Balaban J connectivity index is 0.000000305. The molecule has 7 N–H and O–H groups in total. The van der Waals surface area contributed by atoms with E-state index in [-0.39, 0.29) is 5.84 Å². The van der Waals surface area contributed by atoms with Crippen LogP contribution in [0.5, 0.6) is 0 Å². The monoisotopic (exact) mass is 811 g/mol. The number of aryl methyl sites for hydroxylation is 1. The van der Waals surface area contributed by atoms with Gasteiger partial charge in [-0.25, -0.2) is 0 Å². The summed E-state index contributed by atoms with van der Waals surface area (Å²) in [5.74, 6) is 0.711. The fourth-order valence-corrected chi connectivity index (χ4v) is 7.74. The summed E-state index contributed by atoms with van der Waals surface area (Å²) in [5, 5.41) is 11.4. The lowest BCUT2D eigenvalue weighted by molar-refractivity contribution is 0.977. The number of hydrogen-bond donors (Lipinski definition) is 4. The molecule has 7 nitrogen and oxygen atoms in total. The van der Waals surface area contributed by atoms with Gasteiger partial charge in [-0.15, -0.1) is 0 Å². The third kappa shape index (κ3) is 9.14. The van der Waals surface area contributed by atoms with E-state index >= 15 is 0 Å². The molecule has 0 spiro atoms. The van der Waals surface area contributed by atoms with Crippen LogP contribution >= 0.6 is 0 Å². The molecule has 9 rings (SSSR count). The van der Waals surface area contributed by atoms with Gasteiger partial charge in [-0.1, -0.05) is 164 Å². The average Bonchev–Trinajstić information content (AvgIpc) is 3.81. The van der Waals surface area contributed by atoms with E-state index in [9.17, 15) is 0 Å². The van der Waals surface area contributed by atoms with Crippen LogP contribution in [0.4, 0.5) is 17.2 Å². The third-order valence-corrected chi connectivity index (χ3v) is 10.7. The van der Waals surface area contributed by atoms with Crippen molar-refractivity contribution in [3.63, 3.8) is 0 Å². The average molecular weight is 812 g/mol. The molecule has 0 saturated carbocycles. The van der Waals surface area contributed by atoms with Crippen molar-refractivity contribution in [2.75, 3.05) is 17.2 Å². The lowest BCUT2D eigenvalue weighted by Gasteiger charge is -2.26. The van der Waals surface area contributed by atoms with Gasteiger partial charge in [0.25, 0.3) is 0 Å². The molecule has 7 aromatic carbocycles. The Morgan fingerprint density at radius 2 is 1.24 bits per heavy atom. The molecule has 0 radical (unpaired) electrons. The second-order valence-corrected chi connectivity index (χ2v) is 14.8. The molecular weight excluding hydrogens is 759 g/mol. The van der Waals surface area contributed by atoms with E-state index in [2.05, 4.69) is 143 Å². The number of allylic oxidation sites excluding steroid dienone is 3. The van der Waals surface area contributed by atoms with Crippen molar-refractivity contribution in [2.45, 2.75) is 20.4 Å². The SMILES string of the molecule is C=C/C=C\C(=C/C)CN.Cc1ccccc1.N=C(N)c1cccc(-n2c3ccccc3c3c4c(N(Cc5ccccc5)c5ccccc5)c(N)n(-c5ccccc5)c4ccc32)c1. The minimum Gasteiger partial charge on any atom is -0.384 e. The van der Waals surface area contributed by atoms with Gasteiger partial charge < -0.3 is 26.7 Å². The highest BCUT2D eigenvalue weighted by Gasteiger charge is 2.27. The number of rotatable bonds is 10. The van der Waals surface area contributed by atoms with Crippen LogP contribution in [0.15, 0.2) is 218 Å². The molecule has 62 heavy (non-hydrogen) atoms. The van der Waals surface area contributed by atoms with Gasteiger partial charge in [0.2, 0.25) is 0 Å². The molecule has 2 aromatic heterocycles. The van der Waals surface area contributed by atoms with Gasteiger partial charge in [-0.2, -0.15) is 0 Å². The largest absolute Gasteiger partial charge is 0.384 e.